The van der Waals surface area contributed by atoms with Crippen LogP contribution in [0.1, 0.15) is 73.3 Å². The molecule has 5 aromatic rings. The predicted octanol–water partition coefficient (Wildman–Crippen LogP) is 12.5. The van der Waals surface area contributed by atoms with Gasteiger partial charge >= 0.3 is 0 Å². The van der Waals surface area contributed by atoms with E-state index in [1.54, 1.807) is 0 Å². The molecule has 0 aromatic heterocycles. The van der Waals surface area contributed by atoms with E-state index < -0.39 is 0 Å². The van der Waals surface area contributed by atoms with Crippen molar-refractivity contribution < 1.29 is 0 Å². The maximum absolute atomic E-state index is 3.84. The second-order valence-corrected chi connectivity index (χ2v) is 14.5. The maximum Gasteiger partial charge on any atom is 0.107 e. The smallest absolute Gasteiger partial charge is 0.107 e. The topological polar surface area (TPSA) is 6.48 Å². The average Bonchev–Trinajstić information content (AvgIpc) is 3.13. The van der Waals surface area contributed by atoms with Gasteiger partial charge in [0.2, 0.25) is 0 Å². The van der Waals surface area contributed by atoms with E-state index in [0.29, 0.717) is 0 Å². The molecule has 0 aliphatic heterocycles. The highest BCUT2D eigenvalue weighted by molar-refractivity contribution is 5.77. The van der Waals surface area contributed by atoms with Crippen LogP contribution in [0.2, 0.25) is 0 Å². The quantitative estimate of drug-likeness (QED) is 0.156. The van der Waals surface area contributed by atoms with E-state index in [1.165, 1.54) is 81.1 Å². The second-order valence-electron chi connectivity index (χ2n) is 14.5. The van der Waals surface area contributed by atoms with E-state index in [4.69, 9.17) is 0 Å². The van der Waals surface area contributed by atoms with Gasteiger partial charge < -0.3 is 9.80 Å². The summed E-state index contributed by atoms with van der Waals surface area (Å²) in [6.07, 6.45) is 9.39. The average molecular weight is 641 g/mol. The van der Waals surface area contributed by atoms with Crippen LogP contribution in [-0.4, -0.2) is 5.54 Å². The Balaban J connectivity index is 1.24. The fourth-order valence-electron chi connectivity index (χ4n) is 7.81. The summed E-state index contributed by atoms with van der Waals surface area (Å²) in [7, 11) is 0. The zero-order chi connectivity index (χ0) is 34.0. The van der Waals surface area contributed by atoms with Crippen LogP contribution in [0.15, 0.2) is 133 Å². The van der Waals surface area contributed by atoms with E-state index in [0.717, 1.165) is 19.3 Å². The standard InChI is InChI=1S/C47H48N2/c1-35-9-19-41(20-10-35)48(42-21-11-36(2)12-22-42)43-27-17-39(18-28-43)47(31-7-6-8-32-47)40-29-33-46(5,34-30-40)49(44-23-13-37(3)14-24-44)45-25-15-38(4)16-26-45/h9-29H,6-8,31-33H2,1-5H3. The van der Waals surface area contributed by atoms with Crippen molar-refractivity contribution in [2.45, 2.75) is 84.1 Å². The first kappa shape index (κ1) is 32.5. The number of allylic oxidation sites excluding steroid dienone is 1. The normalized spacial score (nSPS) is 18.2. The molecule has 0 amide bonds. The van der Waals surface area contributed by atoms with Gasteiger partial charge in [-0.15, -0.1) is 0 Å². The van der Waals surface area contributed by atoms with Crippen molar-refractivity contribution in [2.75, 3.05) is 9.80 Å². The van der Waals surface area contributed by atoms with E-state index in [9.17, 15) is 0 Å². The summed E-state index contributed by atoms with van der Waals surface area (Å²) in [6.45, 7) is 10.9. The lowest BCUT2D eigenvalue weighted by Crippen LogP contribution is -2.44. The third-order valence-corrected chi connectivity index (χ3v) is 10.7. The van der Waals surface area contributed by atoms with Gasteiger partial charge in [0.15, 0.2) is 0 Å². The molecule has 2 aliphatic carbocycles. The summed E-state index contributed by atoms with van der Waals surface area (Å²) >= 11 is 0. The molecule has 0 heterocycles. The van der Waals surface area contributed by atoms with Crippen LogP contribution in [0.25, 0.3) is 0 Å². The monoisotopic (exact) mass is 640 g/mol. The Morgan fingerprint density at radius 3 is 1.27 bits per heavy atom. The van der Waals surface area contributed by atoms with Crippen LogP contribution in [0.3, 0.4) is 0 Å². The Kier molecular flexibility index (Phi) is 8.96. The summed E-state index contributed by atoms with van der Waals surface area (Å²) in [6, 6.07) is 44.9. The minimum Gasteiger partial charge on any atom is -0.324 e. The lowest BCUT2D eigenvalue weighted by Gasteiger charge is -2.43. The molecule has 0 N–H and O–H groups in total. The molecule has 1 saturated carbocycles. The second kappa shape index (κ2) is 13.5. The molecule has 2 heteroatoms. The molecular formula is C47H48N2. The van der Waals surface area contributed by atoms with Crippen molar-refractivity contribution in [1.29, 1.82) is 0 Å². The molecular weight excluding hydrogens is 593 g/mol. The molecule has 5 aromatic carbocycles. The third kappa shape index (κ3) is 6.56. The van der Waals surface area contributed by atoms with Gasteiger partial charge in [0.1, 0.15) is 5.54 Å². The highest BCUT2D eigenvalue weighted by atomic mass is 15.2. The van der Waals surface area contributed by atoms with Crippen LogP contribution in [0.5, 0.6) is 0 Å². The van der Waals surface area contributed by atoms with Gasteiger partial charge in [-0.2, -0.15) is 0 Å². The van der Waals surface area contributed by atoms with Crippen molar-refractivity contribution in [1.82, 2.24) is 0 Å². The highest BCUT2D eigenvalue weighted by Crippen LogP contribution is 2.48. The third-order valence-electron chi connectivity index (χ3n) is 10.7. The molecule has 1 fully saturated rings. The van der Waals surface area contributed by atoms with E-state index in [1.807, 2.05) is 0 Å². The molecule has 0 radical (unpaired) electrons. The van der Waals surface area contributed by atoms with Gasteiger partial charge in [0, 0.05) is 45.8 Å². The molecule has 0 bridgehead atoms. The minimum absolute atomic E-state index is 0.0534. The van der Waals surface area contributed by atoms with Crippen molar-refractivity contribution in [3.8, 4) is 11.8 Å². The van der Waals surface area contributed by atoms with Crippen molar-refractivity contribution in [2.24, 2.45) is 0 Å². The summed E-state index contributed by atoms with van der Waals surface area (Å²) in [5.41, 5.74) is 13.2. The Hall–Kier alpha value is -5.00. The number of nitrogens with zero attached hydrogens (tertiary/aromatic N) is 2. The van der Waals surface area contributed by atoms with Gasteiger partial charge in [-0.25, -0.2) is 0 Å². The van der Waals surface area contributed by atoms with Gasteiger partial charge in [-0.05, 0) is 114 Å². The lowest BCUT2D eigenvalue weighted by molar-refractivity contribution is 0.344. The molecule has 1 unspecified atom stereocenters. The fourth-order valence-corrected chi connectivity index (χ4v) is 7.81. The zero-order valence-electron chi connectivity index (χ0n) is 29.8. The number of anilines is 5. The minimum atomic E-state index is -0.365. The maximum atomic E-state index is 3.84. The Labute approximate surface area is 294 Å². The van der Waals surface area contributed by atoms with Crippen LogP contribution < -0.4 is 9.80 Å². The van der Waals surface area contributed by atoms with E-state index in [2.05, 4.69) is 184 Å². The molecule has 7 rings (SSSR count). The molecule has 2 aliphatic rings. The van der Waals surface area contributed by atoms with Crippen LogP contribution in [0, 0.1) is 39.5 Å². The fraction of sp³-hybridized carbons (Fsp3) is 0.277. The van der Waals surface area contributed by atoms with Gasteiger partial charge in [0.05, 0.1) is 0 Å². The van der Waals surface area contributed by atoms with Gasteiger partial charge in [-0.1, -0.05) is 120 Å². The molecule has 0 spiro atoms. The first-order valence-electron chi connectivity index (χ1n) is 18.0. The highest BCUT2D eigenvalue weighted by Gasteiger charge is 2.40. The number of aryl methyl sites for hydroxylation is 4. The Morgan fingerprint density at radius 1 is 0.490 bits per heavy atom. The van der Waals surface area contributed by atoms with Gasteiger partial charge in [0.25, 0.3) is 0 Å². The van der Waals surface area contributed by atoms with Crippen LogP contribution in [0.4, 0.5) is 28.4 Å². The van der Waals surface area contributed by atoms with Crippen molar-refractivity contribution >= 4 is 28.4 Å². The summed E-state index contributed by atoms with van der Waals surface area (Å²) in [5, 5.41) is 0. The Morgan fingerprint density at radius 2 is 0.878 bits per heavy atom. The molecule has 2 nitrogen and oxygen atoms in total. The van der Waals surface area contributed by atoms with Crippen molar-refractivity contribution in [3.63, 3.8) is 0 Å². The van der Waals surface area contributed by atoms with Crippen molar-refractivity contribution in [3.05, 3.63) is 161 Å². The zero-order valence-corrected chi connectivity index (χ0v) is 29.8. The SMILES string of the molecule is Cc1ccc(N(c2ccc(C)cc2)c2ccc(C3(C4=CCC(C)(N(c5ccc(C)cc5)c5ccc(C)cc5)C#C4)CCCCC3)cc2)cc1. The van der Waals surface area contributed by atoms with E-state index in [-0.39, 0.29) is 11.0 Å². The molecule has 1 atom stereocenters. The Bertz CT molecular complexity index is 1890. The predicted molar refractivity (Wildman–Crippen MR) is 209 cm³/mol. The summed E-state index contributed by atoms with van der Waals surface area (Å²) in [4.78, 5) is 4.81. The molecule has 49 heavy (non-hydrogen) atoms. The molecule has 246 valence electrons. The number of hydrogen-bond acceptors (Lipinski definition) is 2. The number of benzene rings is 5. The molecule has 0 saturated heterocycles. The van der Waals surface area contributed by atoms with Crippen LogP contribution >= 0.6 is 0 Å². The largest absolute Gasteiger partial charge is 0.324 e. The number of rotatable bonds is 8. The van der Waals surface area contributed by atoms with E-state index >= 15 is 0 Å². The van der Waals surface area contributed by atoms with Crippen LogP contribution in [-0.2, 0) is 5.41 Å². The summed E-state index contributed by atoms with van der Waals surface area (Å²) in [5.74, 6) is 7.66. The first-order valence-corrected chi connectivity index (χ1v) is 18.0. The summed E-state index contributed by atoms with van der Waals surface area (Å²) < 4.78 is 0. The van der Waals surface area contributed by atoms with Gasteiger partial charge in [-0.3, -0.25) is 0 Å². The lowest BCUT2D eigenvalue weighted by atomic mass is 9.63. The number of hydrogen-bond donors (Lipinski definition) is 0. The first-order chi connectivity index (χ1) is 23.7.